The van der Waals surface area contributed by atoms with E-state index in [2.05, 4.69) is 15.9 Å². The van der Waals surface area contributed by atoms with Crippen LogP contribution in [0, 0.1) is 0 Å². The van der Waals surface area contributed by atoms with Gasteiger partial charge in [-0.2, -0.15) is 0 Å². The maximum absolute atomic E-state index is 12.6. The van der Waals surface area contributed by atoms with Crippen molar-refractivity contribution in [2.75, 3.05) is 12.3 Å². The second kappa shape index (κ2) is 6.57. The van der Waals surface area contributed by atoms with Crippen LogP contribution in [0.1, 0.15) is 29.3 Å². The Hall–Kier alpha value is -1.81. The van der Waals surface area contributed by atoms with Gasteiger partial charge in [0.15, 0.2) is 5.78 Å². The maximum atomic E-state index is 12.6. The van der Waals surface area contributed by atoms with Gasteiger partial charge in [-0.05, 0) is 36.8 Å². The maximum Gasteiger partial charge on any atom is 0.198 e. The summed E-state index contributed by atoms with van der Waals surface area (Å²) < 4.78 is 6.45. The van der Waals surface area contributed by atoms with Crippen LogP contribution in [0.15, 0.2) is 46.9 Å². The third-order valence-corrected chi connectivity index (χ3v) is 3.35. The number of nitrogens with two attached hydrogens (primary N) is 1. The molecular formula is C16H16BrNO2. The van der Waals surface area contributed by atoms with Crippen molar-refractivity contribution in [3.63, 3.8) is 0 Å². The molecule has 20 heavy (non-hydrogen) atoms. The van der Waals surface area contributed by atoms with Gasteiger partial charge < -0.3 is 10.5 Å². The smallest absolute Gasteiger partial charge is 0.198 e. The van der Waals surface area contributed by atoms with Gasteiger partial charge in [-0.3, -0.25) is 4.79 Å². The number of rotatable bonds is 5. The first kappa shape index (κ1) is 14.6. The van der Waals surface area contributed by atoms with Crippen LogP contribution < -0.4 is 10.5 Å². The SMILES string of the molecule is CCCOc1ccccc1C(=O)c1cc(Br)ccc1N. The Morgan fingerprint density at radius 2 is 1.95 bits per heavy atom. The fraction of sp³-hybridized carbons (Fsp3) is 0.188. The number of carbonyl (C=O) groups is 1. The lowest BCUT2D eigenvalue weighted by Gasteiger charge is -2.11. The van der Waals surface area contributed by atoms with Crippen molar-refractivity contribution in [2.24, 2.45) is 0 Å². The molecule has 0 radical (unpaired) electrons. The molecule has 0 bridgehead atoms. The molecule has 2 aromatic rings. The van der Waals surface area contributed by atoms with Crippen LogP contribution in [-0.4, -0.2) is 12.4 Å². The van der Waals surface area contributed by atoms with E-state index in [1.165, 1.54) is 0 Å². The molecule has 0 heterocycles. The molecule has 3 nitrogen and oxygen atoms in total. The molecular weight excluding hydrogens is 318 g/mol. The van der Waals surface area contributed by atoms with Crippen molar-refractivity contribution in [1.82, 2.24) is 0 Å². The minimum atomic E-state index is -0.129. The number of para-hydroxylation sites is 1. The van der Waals surface area contributed by atoms with Gasteiger partial charge in [-0.25, -0.2) is 0 Å². The van der Waals surface area contributed by atoms with E-state index in [-0.39, 0.29) is 5.78 Å². The largest absolute Gasteiger partial charge is 0.493 e. The molecule has 0 saturated carbocycles. The van der Waals surface area contributed by atoms with E-state index in [9.17, 15) is 4.79 Å². The van der Waals surface area contributed by atoms with Crippen LogP contribution in [0.5, 0.6) is 5.75 Å². The Bertz CT molecular complexity index is 626. The van der Waals surface area contributed by atoms with Crippen LogP contribution in [0.4, 0.5) is 5.69 Å². The summed E-state index contributed by atoms with van der Waals surface area (Å²) in [5, 5.41) is 0. The molecule has 0 aliphatic heterocycles. The molecule has 4 heteroatoms. The highest BCUT2D eigenvalue weighted by atomic mass is 79.9. The summed E-state index contributed by atoms with van der Waals surface area (Å²) in [6.45, 7) is 2.61. The second-order valence-electron chi connectivity index (χ2n) is 4.41. The van der Waals surface area contributed by atoms with Gasteiger partial charge in [0, 0.05) is 15.7 Å². The van der Waals surface area contributed by atoms with E-state index in [4.69, 9.17) is 10.5 Å². The summed E-state index contributed by atoms with van der Waals surface area (Å²) >= 11 is 3.36. The van der Waals surface area contributed by atoms with Gasteiger partial charge >= 0.3 is 0 Å². The lowest BCUT2D eigenvalue weighted by molar-refractivity contribution is 0.103. The molecule has 0 aromatic heterocycles. The number of ether oxygens (including phenoxy) is 1. The topological polar surface area (TPSA) is 52.3 Å². The molecule has 2 rings (SSSR count). The molecule has 0 amide bonds. The Balaban J connectivity index is 2.40. The van der Waals surface area contributed by atoms with E-state index >= 15 is 0 Å². The van der Waals surface area contributed by atoms with E-state index in [1.54, 1.807) is 24.3 Å². The zero-order valence-electron chi connectivity index (χ0n) is 11.2. The molecule has 0 unspecified atom stereocenters. The summed E-state index contributed by atoms with van der Waals surface area (Å²) in [5.41, 5.74) is 7.37. The number of benzene rings is 2. The van der Waals surface area contributed by atoms with E-state index in [0.29, 0.717) is 29.2 Å². The predicted molar refractivity (Wildman–Crippen MR) is 84.2 cm³/mol. The monoisotopic (exact) mass is 333 g/mol. The van der Waals surface area contributed by atoms with Gasteiger partial charge in [0.25, 0.3) is 0 Å². The molecule has 0 atom stereocenters. The molecule has 0 aliphatic carbocycles. The highest BCUT2D eigenvalue weighted by Crippen LogP contribution is 2.26. The number of halogens is 1. The Morgan fingerprint density at radius 3 is 2.70 bits per heavy atom. The third kappa shape index (κ3) is 3.20. The quantitative estimate of drug-likeness (QED) is 0.663. The molecule has 2 N–H and O–H groups in total. The minimum absolute atomic E-state index is 0.129. The number of nitrogen functional groups attached to an aromatic ring is 1. The average Bonchev–Trinajstić information content (AvgIpc) is 2.47. The molecule has 0 aliphatic rings. The van der Waals surface area contributed by atoms with Crippen molar-refractivity contribution in [2.45, 2.75) is 13.3 Å². The number of ketones is 1. The van der Waals surface area contributed by atoms with E-state index in [1.807, 2.05) is 25.1 Å². The van der Waals surface area contributed by atoms with Crippen molar-refractivity contribution in [1.29, 1.82) is 0 Å². The molecule has 2 aromatic carbocycles. The first-order chi connectivity index (χ1) is 9.63. The molecule has 0 saturated heterocycles. The summed E-state index contributed by atoms with van der Waals surface area (Å²) in [5.74, 6) is 0.467. The number of carbonyl (C=O) groups excluding carboxylic acids is 1. The van der Waals surface area contributed by atoms with Gasteiger partial charge in [0.1, 0.15) is 5.75 Å². The van der Waals surface area contributed by atoms with Crippen molar-refractivity contribution >= 4 is 27.4 Å². The normalized spacial score (nSPS) is 10.3. The molecule has 0 spiro atoms. The van der Waals surface area contributed by atoms with Crippen LogP contribution >= 0.6 is 15.9 Å². The van der Waals surface area contributed by atoms with Crippen LogP contribution in [0.2, 0.25) is 0 Å². The van der Waals surface area contributed by atoms with Gasteiger partial charge in [-0.15, -0.1) is 0 Å². The minimum Gasteiger partial charge on any atom is -0.493 e. The zero-order valence-corrected chi connectivity index (χ0v) is 12.8. The van der Waals surface area contributed by atoms with Gasteiger partial charge in [0.05, 0.1) is 12.2 Å². The standard InChI is InChI=1S/C16H16BrNO2/c1-2-9-20-15-6-4-3-5-12(15)16(19)13-10-11(17)7-8-14(13)18/h3-8,10H,2,9,18H2,1H3. The average molecular weight is 334 g/mol. The van der Waals surface area contributed by atoms with Gasteiger partial charge in [-0.1, -0.05) is 35.0 Å². The lowest BCUT2D eigenvalue weighted by atomic mass is 10.0. The Kier molecular flexibility index (Phi) is 4.79. The number of anilines is 1. The highest BCUT2D eigenvalue weighted by Gasteiger charge is 2.17. The van der Waals surface area contributed by atoms with Crippen molar-refractivity contribution in [3.8, 4) is 5.75 Å². The summed E-state index contributed by atoms with van der Waals surface area (Å²) in [6, 6.07) is 12.5. The predicted octanol–water partition coefficient (Wildman–Crippen LogP) is 4.05. The van der Waals surface area contributed by atoms with Crippen molar-refractivity contribution < 1.29 is 9.53 Å². The van der Waals surface area contributed by atoms with Crippen molar-refractivity contribution in [3.05, 3.63) is 58.1 Å². The summed E-state index contributed by atoms with van der Waals surface area (Å²) in [4.78, 5) is 12.6. The van der Waals surface area contributed by atoms with Crippen LogP contribution in [0.3, 0.4) is 0 Å². The Labute approximate surface area is 126 Å². The fourth-order valence-electron chi connectivity index (χ4n) is 1.86. The Morgan fingerprint density at radius 1 is 1.20 bits per heavy atom. The highest BCUT2D eigenvalue weighted by molar-refractivity contribution is 9.10. The second-order valence-corrected chi connectivity index (χ2v) is 5.32. The lowest BCUT2D eigenvalue weighted by Crippen LogP contribution is -2.08. The van der Waals surface area contributed by atoms with Crippen LogP contribution in [0.25, 0.3) is 0 Å². The fourth-order valence-corrected chi connectivity index (χ4v) is 2.22. The summed E-state index contributed by atoms with van der Waals surface area (Å²) in [7, 11) is 0. The first-order valence-corrected chi connectivity index (χ1v) is 7.24. The first-order valence-electron chi connectivity index (χ1n) is 6.45. The summed E-state index contributed by atoms with van der Waals surface area (Å²) in [6.07, 6.45) is 0.890. The van der Waals surface area contributed by atoms with E-state index < -0.39 is 0 Å². The number of hydrogen-bond donors (Lipinski definition) is 1. The third-order valence-electron chi connectivity index (χ3n) is 2.85. The van der Waals surface area contributed by atoms with E-state index in [0.717, 1.165) is 10.9 Å². The molecule has 104 valence electrons. The number of hydrogen-bond acceptors (Lipinski definition) is 3. The van der Waals surface area contributed by atoms with Crippen LogP contribution in [-0.2, 0) is 0 Å². The van der Waals surface area contributed by atoms with Gasteiger partial charge in [0.2, 0.25) is 0 Å². The molecule has 0 fully saturated rings. The zero-order chi connectivity index (χ0) is 14.5.